The highest BCUT2D eigenvalue weighted by Crippen LogP contribution is 2.78. The third-order valence-electron chi connectivity index (χ3n) is 19.9. The van der Waals surface area contributed by atoms with Crippen LogP contribution in [0.15, 0.2) is 0 Å². The van der Waals surface area contributed by atoms with Crippen molar-refractivity contribution in [3.8, 4) is 0 Å². The molecule has 0 aromatic heterocycles. The highest BCUT2D eigenvalue weighted by atomic mass is 16.8. The number of aliphatic hydroxyl groups is 12. The summed E-state index contributed by atoms with van der Waals surface area (Å²) in [7, 11) is 0. The summed E-state index contributed by atoms with van der Waals surface area (Å²) in [6.07, 6.45) is -17.2. The molecule has 8 rings (SSSR count). The average molecular weight is 947 g/mol. The first-order valence-electron chi connectivity index (χ1n) is 24.6. The van der Waals surface area contributed by atoms with Crippen LogP contribution in [-0.2, 0) is 28.4 Å². The fraction of sp³-hybridized carbons (Fsp3) is 1.00. The lowest BCUT2D eigenvalue weighted by atomic mass is 9.33. The van der Waals surface area contributed by atoms with Crippen molar-refractivity contribution >= 4 is 0 Å². The third-order valence-corrected chi connectivity index (χ3v) is 19.9. The van der Waals surface area contributed by atoms with Crippen LogP contribution in [0.4, 0.5) is 0 Å². The topological polar surface area (TPSA) is 298 Å². The van der Waals surface area contributed by atoms with Crippen LogP contribution in [0.3, 0.4) is 0 Å². The molecule has 0 spiro atoms. The van der Waals surface area contributed by atoms with Crippen molar-refractivity contribution < 1.29 is 89.7 Å². The molecule has 26 atom stereocenters. The van der Waals surface area contributed by atoms with Gasteiger partial charge < -0.3 is 89.7 Å². The Hall–Kier alpha value is -0.720. The number of aliphatic hydroxyl groups excluding tert-OH is 9. The van der Waals surface area contributed by atoms with Gasteiger partial charge in [-0.05, 0) is 131 Å². The quantitative estimate of drug-likeness (QED) is 0.133. The molecule has 0 radical (unpaired) electrons. The first-order chi connectivity index (χ1) is 30.5. The second kappa shape index (κ2) is 17.5. The molecule has 5 aliphatic carbocycles. The molecule has 0 aromatic rings. The molecule has 3 heterocycles. The summed E-state index contributed by atoms with van der Waals surface area (Å²) in [4.78, 5) is 0. The second-order valence-corrected chi connectivity index (χ2v) is 24.2. The summed E-state index contributed by atoms with van der Waals surface area (Å²) in [6.45, 7) is 17.1. The van der Waals surface area contributed by atoms with Crippen molar-refractivity contribution in [1.82, 2.24) is 0 Å². The fourth-order valence-electron chi connectivity index (χ4n) is 16.1. The van der Waals surface area contributed by atoms with Gasteiger partial charge in [0.2, 0.25) is 0 Å². The van der Waals surface area contributed by atoms with Crippen LogP contribution in [0.5, 0.6) is 0 Å². The molecule has 8 aliphatic rings. The first-order valence-corrected chi connectivity index (χ1v) is 24.6. The molecule has 3 saturated heterocycles. The highest BCUT2D eigenvalue weighted by Gasteiger charge is 2.75. The van der Waals surface area contributed by atoms with Crippen LogP contribution in [-0.4, -0.2) is 190 Å². The Bertz CT molecular complexity index is 1730. The molecule has 12 N–H and O–H groups in total. The van der Waals surface area contributed by atoms with E-state index in [2.05, 4.69) is 34.6 Å². The van der Waals surface area contributed by atoms with Gasteiger partial charge in [-0.2, -0.15) is 0 Å². The minimum absolute atomic E-state index is 0.0772. The minimum atomic E-state index is -1.82. The zero-order chi connectivity index (χ0) is 48.6. The molecule has 66 heavy (non-hydrogen) atoms. The minimum Gasteiger partial charge on any atom is -0.394 e. The highest BCUT2D eigenvalue weighted by molar-refractivity contribution is 5.24. The Balaban J connectivity index is 1.06. The molecule has 0 bridgehead atoms. The van der Waals surface area contributed by atoms with Gasteiger partial charge in [-0.25, -0.2) is 0 Å². The molecule has 18 nitrogen and oxygen atoms in total. The Morgan fingerprint density at radius 2 is 1.24 bits per heavy atom. The van der Waals surface area contributed by atoms with Crippen LogP contribution in [0, 0.1) is 51.2 Å². The van der Waals surface area contributed by atoms with Gasteiger partial charge in [0.25, 0.3) is 0 Å². The predicted molar refractivity (Wildman–Crippen MR) is 231 cm³/mol. The molecular formula is C48H82O18. The van der Waals surface area contributed by atoms with Gasteiger partial charge in [0, 0.05) is 5.92 Å². The largest absolute Gasteiger partial charge is 0.394 e. The van der Waals surface area contributed by atoms with E-state index in [4.69, 9.17) is 28.4 Å². The van der Waals surface area contributed by atoms with Gasteiger partial charge in [0.1, 0.15) is 61.0 Å². The van der Waals surface area contributed by atoms with Gasteiger partial charge in [-0.15, -0.1) is 0 Å². The fourth-order valence-corrected chi connectivity index (χ4v) is 16.1. The number of rotatable bonds is 9. The van der Waals surface area contributed by atoms with Crippen LogP contribution in [0.1, 0.15) is 120 Å². The summed E-state index contributed by atoms with van der Waals surface area (Å²) < 4.78 is 37.1. The zero-order valence-corrected chi connectivity index (χ0v) is 40.2. The molecule has 0 aromatic carbocycles. The van der Waals surface area contributed by atoms with Crippen molar-refractivity contribution in [3.63, 3.8) is 0 Å². The van der Waals surface area contributed by atoms with E-state index in [0.717, 1.165) is 25.7 Å². The average Bonchev–Trinajstić information content (AvgIpc) is 3.78. The van der Waals surface area contributed by atoms with Crippen LogP contribution >= 0.6 is 0 Å². The Morgan fingerprint density at radius 3 is 1.86 bits per heavy atom. The Kier molecular flexibility index (Phi) is 13.7. The van der Waals surface area contributed by atoms with Crippen molar-refractivity contribution in [2.24, 2.45) is 51.2 Å². The number of hydrogen-bond donors (Lipinski definition) is 12. The number of ether oxygens (including phenoxy) is 6. The monoisotopic (exact) mass is 947 g/mol. The Morgan fingerprint density at radius 1 is 0.636 bits per heavy atom. The third kappa shape index (κ3) is 7.90. The van der Waals surface area contributed by atoms with E-state index in [1.54, 1.807) is 13.8 Å². The molecule has 3 aliphatic heterocycles. The standard InChI is InChI=1S/C48H82O18/c1-21-29(51)31(53)33(55)39(62-21)66-36-35(65-40-34(56)32(54)30(52)25(19-49)63-40)24(50)20-61-41(36)64-28-13-14-44(6)26(42(28,2)3)12-16-45(7)27(44)18-47(9,59)37-22(10-15-46(37,45)8)48(60)17-11-23(38(48)57)43(4,5)58/h21-41,49-60H,10-20H2,1-9H3/t21?,22?,23-,24?,25?,26?,27?,28+,29?,30?,31?,32?,33?,34?,35?,36?,37?,38+,39?,40?,41?,44+,45-,46-,47-,48+/m1/s1. The molecule has 0 amide bonds. The maximum atomic E-state index is 12.8. The normalized spacial score (nSPS) is 57.5. The van der Waals surface area contributed by atoms with E-state index in [0.29, 0.717) is 32.1 Å². The Labute approximate surface area is 388 Å². The smallest absolute Gasteiger partial charge is 0.187 e. The summed E-state index contributed by atoms with van der Waals surface area (Å²) in [6, 6.07) is 0. The molecule has 18 heteroatoms. The summed E-state index contributed by atoms with van der Waals surface area (Å²) >= 11 is 0. The van der Waals surface area contributed by atoms with Crippen LogP contribution < -0.4 is 0 Å². The van der Waals surface area contributed by atoms with E-state index in [9.17, 15) is 61.3 Å². The van der Waals surface area contributed by atoms with Gasteiger partial charge in [-0.3, -0.25) is 0 Å². The lowest BCUT2D eigenvalue weighted by Gasteiger charge is -2.72. The van der Waals surface area contributed by atoms with Crippen LogP contribution in [0.25, 0.3) is 0 Å². The van der Waals surface area contributed by atoms with Crippen molar-refractivity contribution in [2.45, 2.75) is 235 Å². The van der Waals surface area contributed by atoms with E-state index >= 15 is 0 Å². The zero-order valence-electron chi connectivity index (χ0n) is 40.2. The number of hydrogen-bond acceptors (Lipinski definition) is 18. The van der Waals surface area contributed by atoms with E-state index < -0.39 is 133 Å². The van der Waals surface area contributed by atoms with Gasteiger partial charge >= 0.3 is 0 Å². The second-order valence-electron chi connectivity index (χ2n) is 24.2. The first kappa shape index (κ1) is 51.6. The van der Waals surface area contributed by atoms with Gasteiger partial charge in [0.05, 0.1) is 48.3 Å². The lowest BCUT2D eigenvalue weighted by molar-refractivity contribution is -0.388. The molecular weight excluding hydrogens is 865 g/mol. The summed E-state index contributed by atoms with van der Waals surface area (Å²) in [5.74, 6) is -0.956. The SMILES string of the molecule is CC1OC(OC2C(O[C@H]3CC[C@@]4(C)C(CC[C@]5(C)C4C[C@@](C)(O)C4C([C@@]6(O)CC[C@@H](C(C)(C)O)[C@@H]6O)CC[C@]45C)C3(C)C)OCC(O)C2OC2OC(CO)C(O)C(O)C2O)C(O)C(O)C1O. The van der Waals surface area contributed by atoms with Crippen molar-refractivity contribution in [2.75, 3.05) is 13.2 Å². The van der Waals surface area contributed by atoms with Crippen molar-refractivity contribution in [1.29, 1.82) is 0 Å². The van der Waals surface area contributed by atoms with E-state index in [-0.39, 0.29) is 46.5 Å². The van der Waals surface area contributed by atoms with E-state index in [1.165, 1.54) is 6.92 Å². The summed E-state index contributed by atoms with van der Waals surface area (Å²) in [5.41, 5.74) is -5.18. The summed E-state index contributed by atoms with van der Waals surface area (Å²) in [5, 5.41) is 133. The molecule has 5 saturated carbocycles. The molecule has 8 fully saturated rings. The predicted octanol–water partition coefficient (Wildman–Crippen LogP) is -0.194. The molecule has 382 valence electrons. The van der Waals surface area contributed by atoms with E-state index in [1.807, 2.05) is 6.92 Å². The lowest BCUT2D eigenvalue weighted by Crippen LogP contribution is -2.70. The van der Waals surface area contributed by atoms with Crippen molar-refractivity contribution in [3.05, 3.63) is 0 Å². The molecule has 18 unspecified atom stereocenters. The van der Waals surface area contributed by atoms with Gasteiger partial charge in [0.15, 0.2) is 18.9 Å². The number of fused-ring (bicyclic) bond motifs is 5. The van der Waals surface area contributed by atoms with Crippen LogP contribution in [0.2, 0.25) is 0 Å². The maximum absolute atomic E-state index is 12.8. The van der Waals surface area contributed by atoms with Gasteiger partial charge in [-0.1, -0.05) is 34.6 Å². The maximum Gasteiger partial charge on any atom is 0.187 e.